The molecule has 1 aromatic rings. The Morgan fingerprint density at radius 2 is 1.95 bits per heavy atom. The van der Waals surface area contributed by atoms with E-state index in [9.17, 15) is 0 Å². The smallest absolute Gasteiger partial charge is 0.0471 e. The number of halogens is 1. The largest absolute Gasteiger partial charge is 0.369 e. The molecule has 4 heteroatoms. The minimum Gasteiger partial charge on any atom is -0.369 e. The maximum Gasteiger partial charge on any atom is 0.0471 e. The summed E-state index contributed by atoms with van der Waals surface area (Å²) in [6.45, 7) is 8.73. The molecule has 1 aromatic carbocycles. The van der Waals surface area contributed by atoms with E-state index in [1.54, 1.807) is 0 Å². The summed E-state index contributed by atoms with van der Waals surface area (Å²) in [5.74, 6) is 0. The maximum atomic E-state index is 6.44. The summed E-state index contributed by atoms with van der Waals surface area (Å²) in [6.07, 6.45) is 3.96. The predicted octanol–water partition coefficient (Wildman–Crippen LogP) is 3.12. The third-order valence-corrected chi connectivity index (χ3v) is 4.90. The number of hydrogen-bond acceptors (Lipinski definition) is 3. The molecule has 0 amide bonds. The lowest BCUT2D eigenvalue weighted by Gasteiger charge is -2.37. The first-order chi connectivity index (χ1) is 10.3. The van der Waals surface area contributed by atoms with Gasteiger partial charge in [0.2, 0.25) is 0 Å². The van der Waals surface area contributed by atoms with Crippen molar-refractivity contribution in [1.29, 1.82) is 0 Å². The third kappa shape index (κ3) is 3.71. The highest BCUT2D eigenvalue weighted by Crippen LogP contribution is 2.31. The van der Waals surface area contributed by atoms with E-state index in [1.807, 2.05) is 6.07 Å². The fraction of sp³-hybridized carbons (Fsp3) is 0.647. The Labute approximate surface area is 133 Å². The summed E-state index contributed by atoms with van der Waals surface area (Å²) in [5.41, 5.74) is 2.58. The molecule has 1 aliphatic heterocycles. The van der Waals surface area contributed by atoms with Crippen LogP contribution in [0.25, 0.3) is 0 Å². The molecule has 1 aliphatic carbocycles. The van der Waals surface area contributed by atoms with E-state index in [0.717, 1.165) is 43.7 Å². The van der Waals surface area contributed by atoms with Crippen LogP contribution in [-0.4, -0.2) is 43.7 Å². The van der Waals surface area contributed by atoms with Crippen LogP contribution in [0.2, 0.25) is 5.02 Å². The van der Waals surface area contributed by atoms with Gasteiger partial charge in [0, 0.05) is 55.0 Å². The lowest BCUT2D eigenvalue weighted by molar-refractivity contribution is 0.248. The van der Waals surface area contributed by atoms with Crippen LogP contribution < -0.4 is 10.2 Å². The maximum absolute atomic E-state index is 6.44. The molecule has 0 unspecified atom stereocenters. The average Bonchev–Trinajstić information content (AvgIpc) is 3.34. The first-order valence-electron chi connectivity index (χ1n) is 8.26. The SMILES string of the molecule is CCCNCc1c(Cl)cccc1N1CCN(C2CC2)CC1. The number of hydrogen-bond donors (Lipinski definition) is 1. The second-order valence-corrected chi connectivity index (χ2v) is 6.58. The zero-order chi connectivity index (χ0) is 14.7. The van der Waals surface area contributed by atoms with Gasteiger partial charge in [-0.2, -0.15) is 0 Å². The molecule has 0 aromatic heterocycles. The van der Waals surface area contributed by atoms with Gasteiger partial charge in [0.05, 0.1) is 0 Å². The molecule has 0 spiro atoms. The Bertz CT molecular complexity index is 465. The van der Waals surface area contributed by atoms with E-state index in [2.05, 4.69) is 34.2 Å². The lowest BCUT2D eigenvalue weighted by atomic mass is 10.1. The van der Waals surface area contributed by atoms with E-state index in [-0.39, 0.29) is 0 Å². The Balaban J connectivity index is 1.67. The molecule has 3 nitrogen and oxygen atoms in total. The number of piperazine rings is 1. The van der Waals surface area contributed by atoms with Gasteiger partial charge in [-0.05, 0) is 37.9 Å². The number of rotatable bonds is 6. The van der Waals surface area contributed by atoms with Crippen molar-refractivity contribution in [1.82, 2.24) is 10.2 Å². The van der Waals surface area contributed by atoms with E-state index < -0.39 is 0 Å². The molecule has 21 heavy (non-hydrogen) atoms. The van der Waals surface area contributed by atoms with Crippen LogP contribution in [0.1, 0.15) is 31.7 Å². The fourth-order valence-corrected chi connectivity index (χ4v) is 3.41. The first kappa shape index (κ1) is 15.1. The summed E-state index contributed by atoms with van der Waals surface area (Å²) < 4.78 is 0. The molecule has 3 rings (SSSR count). The van der Waals surface area contributed by atoms with Crippen molar-refractivity contribution in [2.24, 2.45) is 0 Å². The van der Waals surface area contributed by atoms with Crippen molar-refractivity contribution in [2.45, 2.75) is 38.8 Å². The molecule has 1 heterocycles. The van der Waals surface area contributed by atoms with Crippen LogP contribution in [0.5, 0.6) is 0 Å². The topological polar surface area (TPSA) is 18.5 Å². The highest BCUT2D eigenvalue weighted by Gasteiger charge is 2.31. The lowest BCUT2D eigenvalue weighted by Crippen LogP contribution is -2.47. The van der Waals surface area contributed by atoms with Crippen molar-refractivity contribution in [3.8, 4) is 0 Å². The standard InChI is InChI=1S/C17H26ClN3/c1-2-8-19-13-15-16(18)4-3-5-17(15)21-11-9-20(10-12-21)14-6-7-14/h3-5,14,19H,2,6-13H2,1H3. The second kappa shape index (κ2) is 6.99. The Morgan fingerprint density at radius 3 is 2.62 bits per heavy atom. The zero-order valence-corrected chi connectivity index (χ0v) is 13.7. The summed E-state index contributed by atoms with van der Waals surface area (Å²) in [4.78, 5) is 5.16. The quantitative estimate of drug-likeness (QED) is 0.815. The molecule has 1 saturated carbocycles. The normalized spacial score (nSPS) is 20.0. The average molecular weight is 308 g/mol. The third-order valence-electron chi connectivity index (χ3n) is 4.54. The Hall–Kier alpha value is -0.770. The van der Waals surface area contributed by atoms with Crippen molar-refractivity contribution in [2.75, 3.05) is 37.6 Å². The number of anilines is 1. The summed E-state index contributed by atoms with van der Waals surface area (Å²) in [6, 6.07) is 7.20. The van der Waals surface area contributed by atoms with Crippen LogP contribution in [0.3, 0.4) is 0 Å². The van der Waals surface area contributed by atoms with Gasteiger partial charge >= 0.3 is 0 Å². The van der Waals surface area contributed by atoms with Gasteiger partial charge in [0.1, 0.15) is 0 Å². The fourth-order valence-electron chi connectivity index (χ4n) is 3.18. The second-order valence-electron chi connectivity index (χ2n) is 6.17. The van der Waals surface area contributed by atoms with Gasteiger partial charge in [0.25, 0.3) is 0 Å². The molecule has 0 atom stereocenters. The molecule has 0 bridgehead atoms. The minimum absolute atomic E-state index is 0.867. The van der Waals surface area contributed by atoms with Crippen molar-refractivity contribution >= 4 is 17.3 Å². The minimum atomic E-state index is 0.867. The molecular weight excluding hydrogens is 282 g/mol. The highest BCUT2D eigenvalue weighted by atomic mass is 35.5. The first-order valence-corrected chi connectivity index (χ1v) is 8.64. The molecular formula is C17H26ClN3. The molecule has 116 valence electrons. The molecule has 1 saturated heterocycles. The highest BCUT2D eigenvalue weighted by molar-refractivity contribution is 6.31. The van der Waals surface area contributed by atoms with Gasteiger partial charge in [-0.25, -0.2) is 0 Å². The molecule has 2 aliphatic rings. The van der Waals surface area contributed by atoms with Crippen molar-refractivity contribution in [3.63, 3.8) is 0 Å². The van der Waals surface area contributed by atoms with Crippen LogP contribution in [0.15, 0.2) is 18.2 Å². The summed E-state index contributed by atoms with van der Waals surface area (Å²) in [7, 11) is 0. The number of nitrogens with one attached hydrogen (secondary N) is 1. The van der Waals surface area contributed by atoms with E-state index in [1.165, 1.54) is 37.2 Å². The summed E-state index contributed by atoms with van der Waals surface area (Å²) in [5, 5.41) is 4.38. The van der Waals surface area contributed by atoms with E-state index in [0.29, 0.717) is 0 Å². The van der Waals surface area contributed by atoms with Crippen molar-refractivity contribution < 1.29 is 0 Å². The van der Waals surface area contributed by atoms with E-state index >= 15 is 0 Å². The van der Waals surface area contributed by atoms with Gasteiger partial charge < -0.3 is 10.2 Å². The number of nitrogens with zero attached hydrogens (tertiary/aromatic N) is 2. The Kier molecular flexibility index (Phi) is 5.04. The monoisotopic (exact) mass is 307 g/mol. The predicted molar refractivity (Wildman–Crippen MR) is 90.3 cm³/mol. The van der Waals surface area contributed by atoms with Gasteiger partial charge in [0.15, 0.2) is 0 Å². The van der Waals surface area contributed by atoms with Gasteiger partial charge in [-0.3, -0.25) is 4.90 Å². The number of benzene rings is 1. The van der Waals surface area contributed by atoms with Crippen molar-refractivity contribution in [3.05, 3.63) is 28.8 Å². The zero-order valence-electron chi connectivity index (χ0n) is 12.9. The van der Waals surface area contributed by atoms with Gasteiger partial charge in [-0.15, -0.1) is 0 Å². The van der Waals surface area contributed by atoms with E-state index in [4.69, 9.17) is 11.6 Å². The molecule has 0 radical (unpaired) electrons. The molecule has 1 N–H and O–H groups in total. The van der Waals surface area contributed by atoms with Crippen LogP contribution in [0.4, 0.5) is 5.69 Å². The van der Waals surface area contributed by atoms with Crippen LogP contribution in [-0.2, 0) is 6.54 Å². The summed E-state index contributed by atoms with van der Waals surface area (Å²) >= 11 is 6.44. The van der Waals surface area contributed by atoms with Crippen LogP contribution in [0, 0.1) is 0 Å². The molecule has 2 fully saturated rings. The Morgan fingerprint density at radius 1 is 1.19 bits per heavy atom. The van der Waals surface area contributed by atoms with Gasteiger partial charge in [-0.1, -0.05) is 24.6 Å². The van der Waals surface area contributed by atoms with Crippen LogP contribution >= 0.6 is 11.6 Å².